The van der Waals surface area contributed by atoms with Crippen LogP contribution in [0.15, 0.2) is 54.7 Å². The molecule has 1 heterocycles. The molecule has 10 heteroatoms. The first-order chi connectivity index (χ1) is 15.0. The summed E-state index contributed by atoms with van der Waals surface area (Å²) in [5.41, 5.74) is 8.79. The van der Waals surface area contributed by atoms with Gasteiger partial charge in [-0.3, -0.25) is 15.0 Å². The number of nitrogens with zero attached hydrogens (tertiary/aromatic N) is 1. The standard InChI is InChI=1S/C20H22N6O2.CH2O2/c1-23-19(27)12-28-17-9-14(7-8-15(17)20(21)22)24-11-18-25-10-16(26-18)13-5-3-2-4-6-13;2-1-3/h2-10,24H,11-12H2,1H3,(H3,21,22)(H,23,27)(H,25,26);1H,(H,2,3). The van der Waals surface area contributed by atoms with Gasteiger partial charge in [0, 0.05) is 18.8 Å². The number of nitrogens with two attached hydrogens (primary N) is 1. The highest BCUT2D eigenvalue weighted by atomic mass is 16.5. The number of amidine groups is 1. The minimum Gasteiger partial charge on any atom is -0.483 e. The maximum Gasteiger partial charge on any atom is 0.290 e. The van der Waals surface area contributed by atoms with Crippen molar-refractivity contribution < 1.29 is 19.4 Å². The average molecular weight is 424 g/mol. The summed E-state index contributed by atoms with van der Waals surface area (Å²) in [6, 6.07) is 15.1. The van der Waals surface area contributed by atoms with Crippen molar-refractivity contribution in [2.45, 2.75) is 6.54 Å². The third kappa shape index (κ3) is 6.89. The first kappa shape index (κ1) is 22.9. The maximum atomic E-state index is 11.4. The summed E-state index contributed by atoms with van der Waals surface area (Å²) >= 11 is 0. The maximum absolute atomic E-state index is 11.4. The van der Waals surface area contributed by atoms with Crippen molar-refractivity contribution in [3.63, 3.8) is 0 Å². The summed E-state index contributed by atoms with van der Waals surface area (Å²) < 4.78 is 5.51. The Bertz CT molecular complexity index is 1020. The predicted octanol–water partition coefficient (Wildman–Crippen LogP) is 1.80. The van der Waals surface area contributed by atoms with Crippen LogP contribution in [0.3, 0.4) is 0 Å². The Kier molecular flexibility index (Phi) is 8.59. The molecule has 0 fully saturated rings. The quantitative estimate of drug-likeness (QED) is 0.182. The topological polar surface area (TPSA) is 166 Å². The van der Waals surface area contributed by atoms with Gasteiger partial charge in [0.05, 0.1) is 24.0 Å². The van der Waals surface area contributed by atoms with Gasteiger partial charge in [-0.15, -0.1) is 0 Å². The van der Waals surface area contributed by atoms with E-state index in [1.807, 2.05) is 30.3 Å². The molecule has 0 atom stereocenters. The number of carbonyl (C=O) groups is 2. The van der Waals surface area contributed by atoms with E-state index >= 15 is 0 Å². The lowest BCUT2D eigenvalue weighted by atomic mass is 10.1. The molecule has 7 N–H and O–H groups in total. The van der Waals surface area contributed by atoms with Gasteiger partial charge >= 0.3 is 0 Å². The number of H-pyrrole nitrogens is 1. The molecular weight excluding hydrogens is 400 g/mol. The number of carboxylic acid groups (broad SMARTS) is 1. The summed E-state index contributed by atoms with van der Waals surface area (Å²) in [4.78, 5) is 27.5. The number of anilines is 1. The van der Waals surface area contributed by atoms with E-state index in [0.29, 0.717) is 17.9 Å². The second-order valence-corrected chi connectivity index (χ2v) is 6.16. The number of likely N-dealkylation sites (N-methyl/N-ethyl adjacent to an activating group) is 1. The van der Waals surface area contributed by atoms with E-state index in [0.717, 1.165) is 22.8 Å². The fourth-order valence-electron chi connectivity index (χ4n) is 2.59. The number of aromatic nitrogens is 2. The highest BCUT2D eigenvalue weighted by molar-refractivity contribution is 5.98. The molecule has 0 bridgehead atoms. The van der Waals surface area contributed by atoms with Gasteiger partial charge < -0.3 is 31.2 Å². The summed E-state index contributed by atoms with van der Waals surface area (Å²) in [6.45, 7) is 0.0694. The largest absolute Gasteiger partial charge is 0.483 e. The van der Waals surface area contributed by atoms with Crippen molar-refractivity contribution in [3.8, 4) is 17.0 Å². The number of hydrogen-bond donors (Lipinski definition) is 6. The second-order valence-electron chi connectivity index (χ2n) is 6.16. The Balaban J connectivity index is 0.00000107. The predicted molar refractivity (Wildman–Crippen MR) is 117 cm³/mol. The molecule has 0 saturated carbocycles. The normalized spacial score (nSPS) is 9.71. The molecule has 0 aliphatic carbocycles. The number of benzene rings is 2. The van der Waals surface area contributed by atoms with E-state index in [1.54, 1.807) is 24.4 Å². The van der Waals surface area contributed by atoms with Crippen LogP contribution < -0.4 is 21.1 Å². The molecule has 0 aliphatic heterocycles. The number of ether oxygens (including phenoxy) is 1. The number of carbonyl (C=O) groups excluding carboxylic acids is 1. The van der Waals surface area contributed by atoms with E-state index in [9.17, 15) is 4.79 Å². The van der Waals surface area contributed by atoms with Gasteiger partial charge in [-0.05, 0) is 17.7 Å². The Hall–Kier alpha value is -4.34. The van der Waals surface area contributed by atoms with Crippen molar-refractivity contribution in [1.82, 2.24) is 15.3 Å². The first-order valence-corrected chi connectivity index (χ1v) is 9.21. The van der Waals surface area contributed by atoms with Crippen molar-refractivity contribution in [2.24, 2.45) is 5.73 Å². The van der Waals surface area contributed by atoms with Gasteiger partial charge in [0.25, 0.3) is 12.4 Å². The fraction of sp³-hybridized carbons (Fsp3) is 0.143. The van der Waals surface area contributed by atoms with Crippen LogP contribution in [0.5, 0.6) is 5.75 Å². The van der Waals surface area contributed by atoms with E-state index in [2.05, 4.69) is 20.6 Å². The Labute approximate surface area is 179 Å². The van der Waals surface area contributed by atoms with Gasteiger partial charge in [0.15, 0.2) is 6.61 Å². The zero-order valence-electron chi connectivity index (χ0n) is 16.9. The van der Waals surface area contributed by atoms with Crippen LogP contribution >= 0.6 is 0 Å². The molecule has 3 aromatic rings. The molecule has 0 unspecified atom stereocenters. The second kappa shape index (κ2) is 11.6. The van der Waals surface area contributed by atoms with E-state index in [4.69, 9.17) is 25.8 Å². The zero-order chi connectivity index (χ0) is 22.6. The molecule has 31 heavy (non-hydrogen) atoms. The van der Waals surface area contributed by atoms with Gasteiger partial charge in [0.1, 0.15) is 17.4 Å². The lowest BCUT2D eigenvalue weighted by Gasteiger charge is -2.13. The Morgan fingerprint density at radius 2 is 2.00 bits per heavy atom. The summed E-state index contributed by atoms with van der Waals surface area (Å²) in [5, 5.41) is 20.3. The van der Waals surface area contributed by atoms with Crippen molar-refractivity contribution in [1.29, 1.82) is 5.41 Å². The van der Waals surface area contributed by atoms with Crippen LogP contribution in [-0.4, -0.2) is 46.9 Å². The van der Waals surface area contributed by atoms with Crippen LogP contribution in [0, 0.1) is 5.41 Å². The van der Waals surface area contributed by atoms with Crippen LogP contribution in [0.4, 0.5) is 5.69 Å². The third-order valence-electron chi connectivity index (χ3n) is 4.08. The summed E-state index contributed by atoms with van der Waals surface area (Å²) in [7, 11) is 1.53. The highest BCUT2D eigenvalue weighted by Crippen LogP contribution is 2.24. The number of hydrogen-bond acceptors (Lipinski definition) is 6. The molecular formula is C21H24N6O4. The third-order valence-corrected chi connectivity index (χ3v) is 4.08. The molecule has 0 spiro atoms. The van der Waals surface area contributed by atoms with Gasteiger partial charge in [-0.2, -0.15) is 0 Å². The number of imidazole rings is 1. The van der Waals surface area contributed by atoms with Crippen molar-refractivity contribution >= 4 is 23.9 Å². The van der Waals surface area contributed by atoms with E-state index in [-0.39, 0.29) is 24.8 Å². The Morgan fingerprint density at radius 3 is 2.65 bits per heavy atom. The zero-order valence-corrected chi connectivity index (χ0v) is 16.9. The van der Waals surface area contributed by atoms with Crippen LogP contribution in [0.25, 0.3) is 11.3 Å². The molecule has 0 aliphatic rings. The summed E-state index contributed by atoms with van der Waals surface area (Å²) in [5.74, 6) is 0.752. The monoisotopic (exact) mass is 424 g/mol. The first-order valence-electron chi connectivity index (χ1n) is 9.21. The van der Waals surface area contributed by atoms with Gasteiger partial charge in [-0.25, -0.2) is 4.98 Å². The smallest absolute Gasteiger partial charge is 0.290 e. The lowest BCUT2D eigenvalue weighted by molar-refractivity contribution is -0.123. The van der Waals surface area contributed by atoms with Crippen LogP contribution in [0.2, 0.25) is 0 Å². The summed E-state index contributed by atoms with van der Waals surface area (Å²) in [6.07, 6.45) is 1.79. The minimum absolute atomic E-state index is 0.128. The average Bonchev–Trinajstić information content (AvgIpc) is 3.26. The van der Waals surface area contributed by atoms with E-state index in [1.165, 1.54) is 7.05 Å². The van der Waals surface area contributed by atoms with E-state index < -0.39 is 0 Å². The number of aromatic amines is 1. The van der Waals surface area contributed by atoms with Crippen molar-refractivity contribution in [2.75, 3.05) is 19.0 Å². The molecule has 0 radical (unpaired) electrons. The molecule has 3 rings (SSSR count). The van der Waals surface area contributed by atoms with Gasteiger partial charge in [0.2, 0.25) is 0 Å². The molecule has 1 aromatic heterocycles. The molecule has 10 nitrogen and oxygen atoms in total. The molecule has 0 saturated heterocycles. The van der Waals surface area contributed by atoms with Crippen LogP contribution in [-0.2, 0) is 16.1 Å². The van der Waals surface area contributed by atoms with Gasteiger partial charge in [-0.1, -0.05) is 30.3 Å². The highest BCUT2D eigenvalue weighted by Gasteiger charge is 2.10. The molecule has 1 amide bonds. The minimum atomic E-state index is -0.267. The number of amides is 1. The van der Waals surface area contributed by atoms with Crippen LogP contribution in [0.1, 0.15) is 11.4 Å². The SMILES string of the molecule is CNC(=O)COc1cc(NCc2ncc(-c3ccccc3)[nH]2)ccc1C(=N)N.O=CO. The number of rotatable bonds is 8. The molecule has 2 aromatic carbocycles. The lowest BCUT2D eigenvalue weighted by Crippen LogP contribution is -2.25. The fourth-order valence-corrected chi connectivity index (χ4v) is 2.59. The van der Waals surface area contributed by atoms with Crippen molar-refractivity contribution in [3.05, 3.63) is 66.1 Å². The Morgan fingerprint density at radius 1 is 1.29 bits per heavy atom. The molecule has 162 valence electrons. The number of nitrogens with one attached hydrogen (secondary N) is 4. The number of nitrogen functional groups attached to an aromatic ring is 1.